The standard InChI is InChI=1S/C16H15ClO3/c1-11-3-5-12(6-4-11)10-20-16-13(9-18)7-14(17)8-15(16)19-2/h3-9H,10H2,1-2H3. The summed E-state index contributed by atoms with van der Waals surface area (Å²) in [5.41, 5.74) is 2.58. The van der Waals surface area contributed by atoms with E-state index in [9.17, 15) is 4.79 Å². The fraction of sp³-hybridized carbons (Fsp3) is 0.188. The van der Waals surface area contributed by atoms with Gasteiger partial charge >= 0.3 is 0 Å². The van der Waals surface area contributed by atoms with Gasteiger partial charge in [-0.25, -0.2) is 0 Å². The first-order chi connectivity index (χ1) is 9.63. The zero-order chi connectivity index (χ0) is 14.5. The molecule has 0 amide bonds. The van der Waals surface area contributed by atoms with E-state index in [-0.39, 0.29) is 0 Å². The van der Waals surface area contributed by atoms with Gasteiger partial charge in [0.15, 0.2) is 17.8 Å². The second-order valence-electron chi connectivity index (χ2n) is 4.42. The van der Waals surface area contributed by atoms with E-state index in [2.05, 4.69) is 0 Å². The maximum atomic E-state index is 11.1. The number of ether oxygens (including phenoxy) is 2. The van der Waals surface area contributed by atoms with Crippen molar-refractivity contribution in [3.8, 4) is 11.5 Å². The third-order valence-corrected chi connectivity index (χ3v) is 3.12. The molecule has 20 heavy (non-hydrogen) atoms. The average molecular weight is 291 g/mol. The lowest BCUT2D eigenvalue weighted by molar-refractivity contribution is 0.111. The SMILES string of the molecule is COc1cc(Cl)cc(C=O)c1OCc1ccc(C)cc1. The monoisotopic (exact) mass is 290 g/mol. The van der Waals surface area contributed by atoms with E-state index in [0.29, 0.717) is 35.0 Å². The number of hydrogen-bond acceptors (Lipinski definition) is 3. The van der Waals surface area contributed by atoms with Gasteiger partial charge in [-0.1, -0.05) is 41.4 Å². The maximum Gasteiger partial charge on any atom is 0.172 e. The fourth-order valence-electron chi connectivity index (χ4n) is 1.82. The molecule has 0 atom stereocenters. The van der Waals surface area contributed by atoms with Crippen molar-refractivity contribution in [2.24, 2.45) is 0 Å². The van der Waals surface area contributed by atoms with Crippen LogP contribution in [0.1, 0.15) is 21.5 Å². The van der Waals surface area contributed by atoms with Gasteiger partial charge in [0.1, 0.15) is 6.61 Å². The van der Waals surface area contributed by atoms with Crippen LogP contribution < -0.4 is 9.47 Å². The molecule has 104 valence electrons. The summed E-state index contributed by atoms with van der Waals surface area (Å²) in [6, 6.07) is 11.2. The summed E-state index contributed by atoms with van der Waals surface area (Å²) >= 11 is 5.92. The number of methoxy groups -OCH3 is 1. The number of aryl methyl sites for hydroxylation is 1. The van der Waals surface area contributed by atoms with Gasteiger partial charge < -0.3 is 9.47 Å². The summed E-state index contributed by atoms with van der Waals surface area (Å²) in [5, 5.41) is 0.437. The molecule has 0 saturated carbocycles. The number of rotatable bonds is 5. The summed E-state index contributed by atoms with van der Waals surface area (Å²) in [4.78, 5) is 11.1. The molecular weight excluding hydrogens is 276 g/mol. The number of carbonyl (C=O) groups is 1. The van der Waals surface area contributed by atoms with E-state index in [1.165, 1.54) is 12.7 Å². The van der Waals surface area contributed by atoms with Gasteiger partial charge in [0.05, 0.1) is 12.7 Å². The van der Waals surface area contributed by atoms with Crippen LogP contribution in [0.15, 0.2) is 36.4 Å². The van der Waals surface area contributed by atoms with E-state index in [0.717, 1.165) is 5.56 Å². The predicted molar refractivity (Wildman–Crippen MR) is 78.9 cm³/mol. The molecule has 0 saturated heterocycles. The van der Waals surface area contributed by atoms with Crippen LogP contribution in [-0.2, 0) is 6.61 Å². The Bertz CT molecular complexity index is 606. The Morgan fingerprint density at radius 1 is 1.20 bits per heavy atom. The molecule has 2 aromatic rings. The molecule has 4 heteroatoms. The van der Waals surface area contributed by atoms with Gasteiger partial charge in [0.2, 0.25) is 0 Å². The molecule has 0 aromatic heterocycles. The van der Waals surface area contributed by atoms with Crippen LogP contribution >= 0.6 is 11.6 Å². The van der Waals surface area contributed by atoms with Gasteiger partial charge in [-0.15, -0.1) is 0 Å². The Hall–Kier alpha value is -2.00. The average Bonchev–Trinajstić information content (AvgIpc) is 2.46. The zero-order valence-electron chi connectivity index (χ0n) is 11.4. The van der Waals surface area contributed by atoms with Crippen LogP contribution in [0, 0.1) is 6.92 Å². The lowest BCUT2D eigenvalue weighted by Crippen LogP contribution is -2.01. The van der Waals surface area contributed by atoms with Gasteiger partial charge in [0.25, 0.3) is 0 Å². The molecule has 0 radical (unpaired) electrons. The molecule has 2 rings (SSSR count). The maximum absolute atomic E-state index is 11.1. The Labute approximate surface area is 123 Å². The van der Waals surface area contributed by atoms with E-state index in [1.807, 2.05) is 31.2 Å². The first kappa shape index (κ1) is 14.4. The summed E-state index contributed by atoms with van der Waals surface area (Å²) in [6.07, 6.45) is 0.707. The van der Waals surface area contributed by atoms with Crippen molar-refractivity contribution in [1.29, 1.82) is 0 Å². The summed E-state index contributed by atoms with van der Waals surface area (Å²) in [7, 11) is 1.51. The van der Waals surface area contributed by atoms with Crippen LogP contribution in [0.5, 0.6) is 11.5 Å². The molecule has 0 aliphatic carbocycles. The minimum absolute atomic E-state index is 0.360. The smallest absolute Gasteiger partial charge is 0.172 e. The lowest BCUT2D eigenvalue weighted by Gasteiger charge is -2.13. The Balaban J connectivity index is 2.24. The van der Waals surface area contributed by atoms with Crippen molar-refractivity contribution >= 4 is 17.9 Å². The van der Waals surface area contributed by atoms with Crippen LogP contribution in [0.25, 0.3) is 0 Å². The molecule has 3 nitrogen and oxygen atoms in total. The highest BCUT2D eigenvalue weighted by atomic mass is 35.5. The topological polar surface area (TPSA) is 35.5 Å². The van der Waals surface area contributed by atoms with Crippen LogP contribution in [0.4, 0.5) is 0 Å². The highest BCUT2D eigenvalue weighted by Gasteiger charge is 2.12. The van der Waals surface area contributed by atoms with E-state index >= 15 is 0 Å². The van der Waals surface area contributed by atoms with Crippen molar-refractivity contribution in [2.75, 3.05) is 7.11 Å². The first-order valence-electron chi connectivity index (χ1n) is 6.15. The second-order valence-corrected chi connectivity index (χ2v) is 4.85. The minimum Gasteiger partial charge on any atom is -0.493 e. The van der Waals surface area contributed by atoms with E-state index < -0.39 is 0 Å². The highest BCUT2D eigenvalue weighted by Crippen LogP contribution is 2.34. The van der Waals surface area contributed by atoms with Crippen LogP contribution in [0.2, 0.25) is 5.02 Å². The summed E-state index contributed by atoms with van der Waals surface area (Å²) in [6.45, 7) is 2.39. The molecule has 0 bridgehead atoms. The molecule has 0 N–H and O–H groups in total. The summed E-state index contributed by atoms with van der Waals surface area (Å²) < 4.78 is 10.9. The molecule has 2 aromatic carbocycles. The van der Waals surface area contributed by atoms with Gasteiger partial charge in [0, 0.05) is 11.1 Å². The van der Waals surface area contributed by atoms with Crippen LogP contribution in [-0.4, -0.2) is 13.4 Å². The fourth-order valence-corrected chi connectivity index (χ4v) is 2.04. The van der Waals surface area contributed by atoms with Crippen molar-refractivity contribution in [2.45, 2.75) is 13.5 Å². The molecule has 0 aliphatic rings. The largest absolute Gasteiger partial charge is 0.493 e. The quantitative estimate of drug-likeness (QED) is 0.779. The number of aldehydes is 1. The Kier molecular flexibility index (Phi) is 4.64. The van der Waals surface area contributed by atoms with Crippen molar-refractivity contribution in [1.82, 2.24) is 0 Å². The molecule has 0 heterocycles. The van der Waals surface area contributed by atoms with Gasteiger partial charge in [-0.3, -0.25) is 4.79 Å². The summed E-state index contributed by atoms with van der Waals surface area (Å²) in [5.74, 6) is 0.860. The molecule has 0 spiro atoms. The number of benzene rings is 2. The second kappa shape index (κ2) is 6.44. The Morgan fingerprint density at radius 3 is 2.50 bits per heavy atom. The predicted octanol–water partition coefficient (Wildman–Crippen LogP) is 4.05. The molecular formula is C16H15ClO3. The van der Waals surface area contributed by atoms with E-state index in [1.54, 1.807) is 12.1 Å². The molecule has 0 fully saturated rings. The van der Waals surface area contributed by atoms with Gasteiger partial charge in [-0.2, -0.15) is 0 Å². The first-order valence-corrected chi connectivity index (χ1v) is 6.53. The molecule has 0 aliphatic heterocycles. The zero-order valence-corrected chi connectivity index (χ0v) is 12.1. The van der Waals surface area contributed by atoms with Crippen molar-refractivity contribution in [3.05, 3.63) is 58.1 Å². The Morgan fingerprint density at radius 2 is 1.90 bits per heavy atom. The third-order valence-electron chi connectivity index (χ3n) is 2.90. The minimum atomic E-state index is 0.360. The number of hydrogen-bond donors (Lipinski definition) is 0. The third kappa shape index (κ3) is 3.31. The van der Waals surface area contributed by atoms with Crippen molar-refractivity contribution < 1.29 is 14.3 Å². The highest BCUT2D eigenvalue weighted by molar-refractivity contribution is 6.31. The van der Waals surface area contributed by atoms with Crippen LogP contribution in [0.3, 0.4) is 0 Å². The van der Waals surface area contributed by atoms with Gasteiger partial charge in [-0.05, 0) is 18.6 Å². The number of halogens is 1. The van der Waals surface area contributed by atoms with Crippen molar-refractivity contribution in [3.63, 3.8) is 0 Å². The number of carbonyl (C=O) groups excluding carboxylic acids is 1. The van der Waals surface area contributed by atoms with E-state index in [4.69, 9.17) is 21.1 Å². The normalized spacial score (nSPS) is 10.2. The lowest BCUT2D eigenvalue weighted by atomic mass is 10.1. The molecule has 0 unspecified atom stereocenters.